The van der Waals surface area contributed by atoms with E-state index in [2.05, 4.69) is 17.4 Å². The van der Waals surface area contributed by atoms with Crippen LogP contribution in [0.5, 0.6) is 5.75 Å². The van der Waals surface area contributed by atoms with Crippen LogP contribution in [0.25, 0.3) is 10.8 Å². The monoisotopic (exact) mass is 453 g/mol. The Kier molecular flexibility index (Phi) is 6.12. The molecule has 6 heteroatoms. The van der Waals surface area contributed by atoms with Gasteiger partial charge in [-0.1, -0.05) is 54.6 Å². The SMILES string of the molecule is COc1ccc(Cn2nc(C3CCC(=O)C3)cc2NC(=O)Cc2cccc3ccccc23)cc1. The normalized spacial score (nSPS) is 15.6. The molecule has 1 aromatic heterocycles. The van der Waals surface area contributed by atoms with E-state index in [0.29, 0.717) is 25.2 Å². The van der Waals surface area contributed by atoms with Gasteiger partial charge in [0.25, 0.3) is 0 Å². The maximum Gasteiger partial charge on any atom is 0.229 e. The first-order valence-corrected chi connectivity index (χ1v) is 11.6. The van der Waals surface area contributed by atoms with Gasteiger partial charge in [-0.05, 0) is 40.5 Å². The topological polar surface area (TPSA) is 73.2 Å². The zero-order valence-corrected chi connectivity index (χ0v) is 19.2. The van der Waals surface area contributed by atoms with Crippen molar-refractivity contribution >= 4 is 28.3 Å². The average molecular weight is 454 g/mol. The third-order valence-corrected chi connectivity index (χ3v) is 6.45. The molecule has 34 heavy (non-hydrogen) atoms. The molecule has 1 aliphatic carbocycles. The second-order valence-electron chi connectivity index (χ2n) is 8.80. The van der Waals surface area contributed by atoms with E-state index in [1.165, 1.54) is 0 Å². The van der Waals surface area contributed by atoms with Crippen LogP contribution in [-0.4, -0.2) is 28.6 Å². The van der Waals surface area contributed by atoms with Crippen LogP contribution in [0.3, 0.4) is 0 Å². The summed E-state index contributed by atoms with van der Waals surface area (Å²) in [7, 11) is 1.64. The number of benzene rings is 3. The third kappa shape index (κ3) is 4.71. The van der Waals surface area contributed by atoms with Crippen LogP contribution >= 0.6 is 0 Å². The fourth-order valence-corrected chi connectivity index (χ4v) is 4.63. The van der Waals surface area contributed by atoms with E-state index >= 15 is 0 Å². The molecule has 0 spiro atoms. The Morgan fingerprint density at radius 3 is 2.65 bits per heavy atom. The maximum atomic E-state index is 13.1. The van der Waals surface area contributed by atoms with Gasteiger partial charge in [-0.25, -0.2) is 4.68 Å². The lowest BCUT2D eigenvalue weighted by Gasteiger charge is -2.11. The molecule has 3 aromatic carbocycles. The van der Waals surface area contributed by atoms with E-state index in [0.717, 1.165) is 39.8 Å². The molecule has 1 unspecified atom stereocenters. The molecule has 172 valence electrons. The number of carbonyl (C=O) groups is 2. The van der Waals surface area contributed by atoms with Gasteiger partial charge in [0.15, 0.2) is 0 Å². The van der Waals surface area contributed by atoms with Crippen molar-refractivity contribution in [1.29, 1.82) is 0 Å². The molecule has 0 saturated heterocycles. The summed E-state index contributed by atoms with van der Waals surface area (Å²) >= 11 is 0. The fourth-order valence-electron chi connectivity index (χ4n) is 4.63. The number of carbonyl (C=O) groups excluding carboxylic acids is 2. The summed E-state index contributed by atoms with van der Waals surface area (Å²) in [5.74, 6) is 1.73. The second-order valence-corrected chi connectivity index (χ2v) is 8.80. The van der Waals surface area contributed by atoms with E-state index < -0.39 is 0 Å². The van der Waals surface area contributed by atoms with Gasteiger partial charge in [-0.3, -0.25) is 9.59 Å². The lowest BCUT2D eigenvalue weighted by Crippen LogP contribution is -2.18. The number of amides is 1. The Balaban J connectivity index is 1.39. The van der Waals surface area contributed by atoms with Crippen LogP contribution in [0.1, 0.15) is 42.0 Å². The van der Waals surface area contributed by atoms with Crippen LogP contribution in [0.2, 0.25) is 0 Å². The summed E-state index contributed by atoms with van der Waals surface area (Å²) in [6, 6.07) is 23.8. The number of aromatic nitrogens is 2. The van der Waals surface area contributed by atoms with Crippen LogP contribution in [0, 0.1) is 0 Å². The maximum absolute atomic E-state index is 13.1. The van der Waals surface area contributed by atoms with E-state index in [4.69, 9.17) is 9.84 Å². The van der Waals surface area contributed by atoms with Crippen molar-refractivity contribution in [2.45, 2.75) is 38.1 Å². The number of ketones is 1. The lowest BCUT2D eigenvalue weighted by atomic mass is 10.0. The Morgan fingerprint density at radius 1 is 1.09 bits per heavy atom. The molecule has 1 amide bonds. The molecule has 1 heterocycles. The number of hydrogen-bond acceptors (Lipinski definition) is 4. The molecule has 0 radical (unpaired) electrons. The molecule has 1 N–H and O–H groups in total. The number of nitrogens with one attached hydrogen (secondary N) is 1. The predicted molar refractivity (Wildman–Crippen MR) is 132 cm³/mol. The zero-order chi connectivity index (χ0) is 23.5. The molecule has 6 nitrogen and oxygen atoms in total. The Morgan fingerprint density at radius 2 is 1.88 bits per heavy atom. The third-order valence-electron chi connectivity index (χ3n) is 6.45. The van der Waals surface area contributed by atoms with Crippen molar-refractivity contribution < 1.29 is 14.3 Å². The van der Waals surface area contributed by atoms with Crippen molar-refractivity contribution in [2.75, 3.05) is 12.4 Å². The Hall–Kier alpha value is -3.93. The summed E-state index contributed by atoms with van der Waals surface area (Å²) in [5, 5.41) is 10.1. The second kappa shape index (κ2) is 9.51. The number of anilines is 1. The fraction of sp³-hybridized carbons (Fsp3) is 0.250. The van der Waals surface area contributed by atoms with Crippen LogP contribution in [0.15, 0.2) is 72.8 Å². The van der Waals surface area contributed by atoms with Crippen molar-refractivity contribution in [3.05, 3.63) is 89.6 Å². The zero-order valence-electron chi connectivity index (χ0n) is 19.2. The summed E-state index contributed by atoms with van der Waals surface area (Å²) in [4.78, 5) is 24.9. The molecule has 5 rings (SSSR count). The summed E-state index contributed by atoms with van der Waals surface area (Å²) < 4.78 is 7.07. The molecular formula is C28H27N3O3. The first kappa shape index (κ1) is 21.9. The van der Waals surface area contributed by atoms with E-state index in [1.807, 2.05) is 65.3 Å². The average Bonchev–Trinajstić information content (AvgIpc) is 3.46. The molecule has 4 aromatic rings. The first-order valence-electron chi connectivity index (χ1n) is 11.6. The minimum absolute atomic E-state index is 0.0960. The van der Waals surface area contributed by atoms with Gasteiger partial charge in [0.1, 0.15) is 17.4 Å². The predicted octanol–water partition coefficient (Wildman–Crippen LogP) is 5.11. The van der Waals surface area contributed by atoms with Gasteiger partial charge in [0, 0.05) is 24.8 Å². The minimum Gasteiger partial charge on any atom is -0.497 e. The van der Waals surface area contributed by atoms with E-state index in [9.17, 15) is 9.59 Å². The van der Waals surface area contributed by atoms with E-state index in [1.54, 1.807) is 7.11 Å². The van der Waals surface area contributed by atoms with Crippen molar-refractivity contribution in [2.24, 2.45) is 0 Å². The van der Waals surface area contributed by atoms with Crippen molar-refractivity contribution in [1.82, 2.24) is 9.78 Å². The number of Topliss-reactive ketones (excluding diaryl/α,β-unsaturated/α-hetero) is 1. The largest absolute Gasteiger partial charge is 0.497 e. The number of hydrogen-bond donors (Lipinski definition) is 1. The van der Waals surface area contributed by atoms with Crippen LogP contribution in [-0.2, 0) is 22.6 Å². The number of methoxy groups -OCH3 is 1. The number of ether oxygens (including phenoxy) is 1. The summed E-state index contributed by atoms with van der Waals surface area (Å²) in [5.41, 5.74) is 2.89. The first-order chi connectivity index (χ1) is 16.6. The summed E-state index contributed by atoms with van der Waals surface area (Å²) in [6.07, 6.45) is 2.19. The van der Waals surface area contributed by atoms with Crippen molar-refractivity contribution in [3.63, 3.8) is 0 Å². The Bertz CT molecular complexity index is 1340. The van der Waals surface area contributed by atoms with Gasteiger partial charge >= 0.3 is 0 Å². The highest BCUT2D eigenvalue weighted by Crippen LogP contribution is 2.33. The molecule has 1 atom stereocenters. The highest BCUT2D eigenvalue weighted by Gasteiger charge is 2.27. The number of nitrogens with zero attached hydrogens (tertiary/aromatic N) is 2. The molecule has 1 fully saturated rings. The van der Waals surface area contributed by atoms with Gasteiger partial charge in [0.2, 0.25) is 5.91 Å². The highest BCUT2D eigenvalue weighted by atomic mass is 16.5. The highest BCUT2D eigenvalue weighted by molar-refractivity contribution is 5.95. The smallest absolute Gasteiger partial charge is 0.229 e. The van der Waals surface area contributed by atoms with Crippen molar-refractivity contribution in [3.8, 4) is 5.75 Å². The standard InChI is InChI=1S/C28H27N3O3/c1-34-24-13-9-19(10-14-24)18-31-27(17-26(30-31)22-11-12-23(32)15-22)29-28(33)16-21-7-4-6-20-5-2-3-8-25(20)21/h2-10,13-14,17,22H,11-12,15-16,18H2,1H3,(H,29,33). The molecule has 1 aliphatic rings. The van der Waals surface area contributed by atoms with Crippen LogP contribution in [0.4, 0.5) is 5.82 Å². The molecule has 0 aliphatic heterocycles. The number of rotatable bonds is 7. The molecule has 1 saturated carbocycles. The Labute approximate surface area is 198 Å². The van der Waals surface area contributed by atoms with Gasteiger partial charge < -0.3 is 10.1 Å². The quantitative estimate of drug-likeness (QED) is 0.422. The van der Waals surface area contributed by atoms with E-state index in [-0.39, 0.29) is 24.0 Å². The minimum atomic E-state index is -0.0960. The lowest BCUT2D eigenvalue weighted by molar-refractivity contribution is -0.117. The number of fused-ring (bicyclic) bond motifs is 1. The van der Waals surface area contributed by atoms with Gasteiger partial charge in [-0.2, -0.15) is 5.10 Å². The summed E-state index contributed by atoms with van der Waals surface area (Å²) in [6.45, 7) is 0.508. The van der Waals surface area contributed by atoms with Gasteiger partial charge in [-0.15, -0.1) is 0 Å². The molecule has 0 bridgehead atoms. The molecular weight excluding hydrogens is 426 g/mol. The van der Waals surface area contributed by atoms with Gasteiger partial charge in [0.05, 0.1) is 25.8 Å². The van der Waals surface area contributed by atoms with Crippen LogP contribution < -0.4 is 10.1 Å².